The largest absolute Gasteiger partial charge is 0.444 e. The smallest absolute Gasteiger partial charge is 0.410 e. The molecule has 1 amide bonds. The molecule has 0 radical (unpaired) electrons. The van der Waals surface area contributed by atoms with Gasteiger partial charge in [0.2, 0.25) is 0 Å². The molecule has 1 heterocycles. The molecule has 0 saturated carbocycles. The van der Waals surface area contributed by atoms with Crippen LogP contribution in [0.5, 0.6) is 0 Å². The molecule has 1 aliphatic rings. The summed E-state index contributed by atoms with van der Waals surface area (Å²) in [4.78, 5) is 14.1. The molecule has 112 valence electrons. The van der Waals surface area contributed by atoms with Crippen molar-refractivity contribution < 1.29 is 14.6 Å². The van der Waals surface area contributed by atoms with E-state index in [-0.39, 0.29) is 24.8 Å². The van der Waals surface area contributed by atoms with Crippen LogP contribution >= 0.6 is 0 Å². The number of aliphatic hydroxyl groups is 1. The maximum atomic E-state index is 12.3. The van der Waals surface area contributed by atoms with Crippen molar-refractivity contribution >= 4 is 6.09 Å². The number of hydrogen-bond acceptors (Lipinski definition) is 4. The Morgan fingerprint density at radius 3 is 2.68 bits per heavy atom. The Balaban J connectivity index is 2.73. The first-order chi connectivity index (χ1) is 8.89. The minimum Gasteiger partial charge on any atom is -0.444 e. The minimum atomic E-state index is -0.467. The second-order valence-electron chi connectivity index (χ2n) is 6.14. The van der Waals surface area contributed by atoms with Gasteiger partial charge in [0.1, 0.15) is 5.60 Å². The molecule has 5 nitrogen and oxygen atoms in total. The normalized spacial score (nSPS) is 22.2. The van der Waals surface area contributed by atoms with Gasteiger partial charge in [0.05, 0.1) is 6.04 Å². The monoisotopic (exact) mass is 272 g/mol. The summed E-state index contributed by atoms with van der Waals surface area (Å²) in [7, 11) is 1.88. The molecule has 0 aromatic carbocycles. The van der Waals surface area contributed by atoms with Crippen molar-refractivity contribution in [1.29, 1.82) is 0 Å². The molecule has 0 aromatic rings. The van der Waals surface area contributed by atoms with E-state index in [2.05, 4.69) is 5.32 Å². The SMILES string of the molecule is CN[C@@H](CCO)[C@H]1CCCCN1C(=O)OC(C)(C)C. The molecular weight excluding hydrogens is 244 g/mol. The van der Waals surface area contributed by atoms with Crippen molar-refractivity contribution in [2.24, 2.45) is 0 Å². The van der Waals surface area contributed by atoms with Gasteiger partial charge in [0.15, 0.2) is 0 Å². The van der Waals surface area contributed by atoms with Gasteiger partial charge in [-0.2, -0.15) is 0 Å². The first-order valence-corrected chi connectivity index (χ1v) is 7.17. The van der Waals surface area contributed by atoms with E-state index in [1.165, 1.54) is 0 Å². The van der Waals surface area contributed by atoms with Crippen LogP contribution in [-0.2, 0) is 4.74 Å². The second-order valence-corrected chi connectivity index (χ2v) is 6.14. The van der Waals surface area contributed by atoms with Gasteiger partial charge >= 0.3 is 6.09 Å². The van der Waals surface area contributed by atoms with Gasteiger partial charge in [-0.15, -0.1) is 0 Å². The van der Waals surface area contributed by atoms with E-state index in [0.717, 1.165) is 25.8 Å². The van der Waals surface area contributed by atoms with Gasteiger partial charge in [-0.1, -0.05) is 0 Å². The number of nitrogens with one attached hydrogen (secondary N) is 1. The molecule has 1 rings (SSSR count). The van der Waals surface area contributed by atoms with Crippen LogP contribution < -0.4 is 5.32 Å². The number of carbonyl (C=O) groups excluding carboxylic acids is 1. The van der Waals surface area contributed by atoms with E-state index in [0.29, 0.717) is 6.42 Å². The van der Waals surface area contributed by atoms with Crippen LogP contribution in [0.25, 0.3) is 0 Å². The average molecular weight is 272 g/mol. The van der Waals surface area contributed by atoms with Gasteiger partial charge in [0.25, 0.3) is 0 Å². The third-order valence-corrected chi connectivity index (χ3v) is 3.45. The predicted molar refractivity (Wildman–Crippen MR) is 75.1 cm³/mol. The molecule has 0 aliphatic carbocycles. The van der Waals surface area contributed by atoms with Crippen LogP contribution in [0.15, 0.2) is 0 Å². The standard InChI is InChI=1S/C14H28N2O3/c1-14(2,3)19-13(18)16-9-6-5-7-12(16)11(15-4)8-10-17/h11-12,15,17H,5-10H2,1-4H3/t11-,12+/m0/s1. The number of amides is 1. The van der Waals surface area contributed by atoms with Crippen molar-refractivity contribution in [2.75, 3.05) is 20.2 Å². The summed E-state index contributed by atoms with van der Waals surface area (Å²) >= 11 is 0. The van der Waals surface area contributed by atoms with E-state index in [1.54, 1.807) is 0 Å². The highest BCUT2D eigenvalue weighted by atomic mass is 16.6. The van der Waals surface area contributed by atoms with Crippen molar-refractivity contribution in [3.8, 4) is 0 Å². The van der Waals surface area contributed by atoms with Gasteiger partial charge in [0, 0.05) is 19.2 Å². The zero-order valence-electron chi connectivity index (χ0n) is 12.6. The van der Waals surface area contributed by atoms with Crippen LogP contribution in [0, 0.1) is 0 Å². The first kappa shape index (κ1) is 16.2. The highest BCUT2D eigenvalue weighted by Crippen LogP contribution is 2.23. The van der Waals surface area contributed by atoms with Gasteiger partial charge in [-0.25, -0.2) is 4.79 Å². The summed E-state index contributed by atoms with van der Waals surface area (Å²) in [6, 6.07) is 0.235. The summed E-state index contributed by atoms with van der Waals surface area (Å²) < 4.78 is 5.48. The molecule has 0 aromatic heterocycles. The van der Waals surface area contributed by atoms with Gasteiger partial charge < -0.3 is 20.1 Å². The molecule has 0 bridgehead atoms. The lowest BCUT2D eigenvalue weighted by molar-refractivity contribution is 0.00379. The number of aliphatic hydroxyl groups excluding tert-OH is 1. The van der Waals surface area contributed by atoms with Gasteiger partial charge in [-0.3, -0.25) is 0 Å². The van der Waals surface area contributed by atoms with Crippen LogP contribution in [0.3, 0.4) is 0 Å². The quantitative estimate of drug-likeness (QED) is 0.818. The molecule has 19 heavy (non-hydrogen) atoms. The third-order valence-electron chi connectivity index (χ3n) is 3.45. The van der Waals surface area contributed by atoms with E-state index in [1.807, 2.05) is 32.7 Å². The number of ether oxygens (including phenoxy) is 1. The summed E-state index contributed by atoms with van der Waals surface area (Å²) in [6.07, 6.45) is 3.51. The third kappa shape index (κ3) is 4.99. The minimum absolute atomic E-state index is 0.112. The average Bonchev–Trinajstić information content (AvgIpc) is 2.34. The molecule has 2 N–H and O–H groups in total. The molecule has 2 atom stereocenters. The van der Waals surface area contributed by atoms with Gasteiger partial charge in [-0.05, 0) is 53.5 Å². The molecule has 1 aliphatic heterocycles. The van der Waals surface area contributed by atoms with Crippen molar-refractivity contribution in [1.82, 2.24) is 10.2 Å². The Kier molecular flexibility index (Phi) is 6.07. The second kappa shape index (κ2) is 7.10. The number of nitrogens with zero attached hydrogens (tertiary/aromatic N) is 1. The number of piperidine rings is 1. The number of hydrogen-bond donors (Lipinski definition) is 2. The fraction of sp³-hybridized carbons (Fsp3) is 0.929. The van der Waals surface area contributed by atoms with Crippen molar-refractivity contribution in [3.05, 3.63) is 0 Å². The highest BCUT2D eigenvalue weighted by Gasteiger charge is 2.34. The number of carbonyl (C=O) groups is 1. The lowest BCUT2D eigenvalue weighted by Gasteiger charge is -2.40. The fourth-order valence-electron chi connectivity index (χ4n) is 2.59. The Hall–Kier alpha value is -0.810. The summed E-state index contributed by atoms with van der Waals surface area (Å²) in [5, 5.41) is 12.3. The number of likely N-dealkylation sites (tertiary alicyclic amines) is 1. The van der Waals surface area contributed by atoms with E-state index < -0.39 is 5.60 Å². The van der Waals surface area contributed by atoms with E-state index in [4.69, 9.17) is 9.84 Å². The number of likely N-dealkylation sites (N-methyl/N-ethyl adjacent to an activating group) is 1. The zero-order valence-corrected chi connectivity index (χ0v) is 12.6. The highest BCUT2D eigenvalue weighted by molar-refractivity contribution is 5.68. The Morgan fingerprint density at radius 2 is 2.16 bits per heavy atom. The first-order valence-electron chi connectivity index (χ1n) is 7.17. The summed E-state index contributed by atoms with van der Waals surface area (Å²) in [6.45, 7) is 6.51. The van der Waals surface area contributed by atoms with Crippen molar-refractivity contribution in [2.45, 2.75) is 64.1 Å². The summed E-state index contributed by atoms with van der Waals surface area (Å²) in [5.41, 5.74) is -0.467. The molecule has 1 saturated heterocycles. The zero-order chi connectivity index (χ0) is 14.5. The van der Waals surface area contributed by atoms with Crippen LogP contribution in [0.2, 0.25) is 0 Å². The molecule has 0 spiro atoms. The lowest BCUT2D eigenvalue weighted by Crippen LogP contribution is -2.54. The van der Waals surface area contributed by atoms with Crippen LogP contribution in [0.1, 0.15) is 46.5 Å². The molecule has 1 fully saturated rings. The maximum Gasteiger partial charge on any atom is 0.410 e. The lowest BCUT2D eigenvalue weighted by atomic mass is 9.94. The maximum absolute atomic E-state index is 12.3. The Morgan fingerprint density at radius 1 is 1.47 bits per heavy atom. The molecule has 5 heteroatoms. The Labute approximate surface area is 116 Å². The predicted octanol–water partition coefficient (Wildman–Crippen LogP) is 1.75. The van der Waals surface area contributed by atoms with Crippen LogP contribution in [0.4, 0.5) is 4.79 Å². The van der Waals surface area contributed by atoms with E-state index >= 15 is 0 Å². The summed E-state index contributed by atoms with van der Waals surface area (Å²) in [5.74, 6) is 0. The topological polar surface area (TPSA) is 61.8 Å². The van der Waals surface area contributed by atoms with Crippen molar-refractivity contribution in [3.63, 3.8) is 0 Å². The molecule has 0 unspecified atom stereocenters. The van der Waals surface area contributed by atoms with Crippen LogP contribution in [-0.4, -0.2) is 54.0 Å². The fourth-order valence-corrected chi connectivity index (χ4v) is 2.59. The number of rotatable bonds is 4. The molecular formula is C14H28N2O3. The Bertz CT molecular complexity index is 289. The van der Waals surface area contributed by atoms with E-state index in [9.17, 15) is 4.79 Å².